The molecule has 0 saturated carbocycles. The Bertz CT molecular complexity index is 966. The van der Waals surface area contributed by atoms with Gasteiger partial charge in [0.05, 0.1) is 17.3 Å². The number of hydrogen-bond donors (Lipinski definition) is 2. The average molecular weight is 310 g/mol. The van der Waals surface area contributed by atoms with Crippen LogP contribution >= 0.6 is 0 Å². The highest BCUT2D eigenvalue weighted by Crippen LogP contribution is 2.07. The smallest absolute Gasteiger partial charge is 0.337 e. The highest BCUT2D eigenvalue weighted by Gasteiger charge is 2.12. The van der Waals surface area contributed by atoms with Crippen LogP contribution in [0.25, 0.3) is 5.65 Å². The van der Waals surface area contributed by atoms with Crippen molar-refractivity contribution in [2.75, 3.05) is 5.32 Å². The molecule has 1 amide bonds. The second kappa shape index (κ2) is 5.68. The number of hydrogen-bond acceptors (Lipinski definition) is 5. The first kappa shape index (κ1) is 14.4. The maximum absolute atomic E-state index is 12.4. The highest BCUT2D eigenvalue weighted by molar-refractivity contribution is 6.03. The van der Waals surface area contributed by atoms with Crippen LogP contribution in [-0.4, -0.2) is 31.4 Å². The van der Waals surface area contributed by atoms with Crippen molar-refractivity contribution >= 4 is 23.2 Å². The maximum atomic E-state index is 12.4. The Morgan fingerprint density at radius 3 is 2.65 bits per heavy atom. The number of nitrogens with one attached hydrogen (secondary N) is 1. The zero-order valence-electron chi connectivity index (χ0n) is 11.6. The lowest BCUT2D eigenvalue weighted by Crippen LogP contribution is -2.23. The lowest BCUT2D eigenvalue weighted by atomic mass is 10.2. The minimum Gasteiger partial charge on any atom is -0.478 e. The number of pyridine rings is 2. The molecule has 0 aliphatic carbocycles. The molecule has 0 saturated heterocycles. The third-order valence-corrected chi connectivity index (χ3v) is 3.12. The Hall–Kier alpha value is -3.55. The van der Waals surface area contributed by atoms with Crippen molar-refractivity contribution in [3.63, 3.8) is 0 Å². The summed E-state index contributed by atoms with van der Waals surface area (Å²) in [4.78, 5) is 43.3. The van der Waals surface area contributed by atoms with Gasteiger partial charge in [-0.1, -0.05) is 0 Å². The molecule has 2 N–H and O–H groups in total. The Morgan fingerprint density at radius 2 is 1.96 bits per heavy atom. The molecule has 0 aromatic carbocycles. The van der Waals surface area contributed by atoms with E-state index < -0.39 is 17.4 Å². The first-order chi connectivity index (χ1) is 11.1. The zero-order chi connectivity index (χ0) is 16.4. The molecule has 23 heavy (non-hydrogen) atoms. The van der Waals surface area contributed by atoms with Crippen LogP contribution < -0.4 is 10.9 Å². The van der Waals surface area contributed by atoms with E-state index in [9.17, 15) is 14.4 Å². The molecule has 3 aromatic rings. The summed E-state index contributed by atoms with van der Waals surface area (Å²) in [5, 5.41) is 11.4. The molecule has 114 valence electrons. The molecule has 0 bridgehead atoms. The van der Waals surface area contributed by atoms with E-state index in [1.165, 1.54) is 30.7 Å². The van der Waals surface area contributed by atoms with E-state index in [-0.39, 0.29) is 22.5 Å². The fourth-order valence-electron chi connectivity index (χ4n) is 1.98. The molecule has 0 fully saturated rings. The van der Waals surface area contributed by atoms with Crippen molar-refractivity contribution in [3.8, 4) is 0 Å². The van der Waals surface area contributed by atoms with Crippen molar-refractivity contribution in [2.24, 2.45) is 0 Å². The summed E-state index contributed by atoms with van der Waals surface area (Å²) >= 11 is 0. The largest absolute Gasteiger partial charge is 0.478 e. The summed E-state index contributed by atoms with van der Waals surface area (Å²) in [6.07, 6.45) is 5.28. The molecular formula is C15H10N4O4. The van der Waals surface area contributed by atoms with Gasteiger partial charge in [-0.15, -0.1) is 0 Å². The fourth-order valence-corrected chi connectivity index (χ4v) is 1.98. The normalized spacial score (nSPS) is 10.4. The molecule has 0 radical (unpaired) electrons. The number of aromatic nitrogens is 3. The second-order valence-corrected chi connectivity index (χ2v) is 4.62. The number of amides is 1. The van der Waals surface area contributed by atoms with Gasteiger partial charge >= 0.3 is 5.97 Å². The molecule has 0 aliphatic rings. The monoisotopic (exact) mass is 310 g/mol. The van der Waals surface area contributed by atoms with Gasteiger partial charge in [0.2, 0.25) is 0 Å². The summed E-state index contributed by atoms with van der Waals surface area (Å²) in [6.45, 7) is 0. The predicted molar refractivity (Wildman–Crippen MR) is 80.6 cm³/mol. The number of carbonyl (C=O) groups is 2. The molecule has 0 unspecified atom stereocenters. The number of rotatable bonds is 3. The number of carbonyl (C=O) groups excluding carboxylic acids is 1. The van der Waals surface area contributed by atoms with Crippen molar-refractivity contribution in [1.29, 1.82) is 0 Å². The minimum atomic E-state index is -1.16. The van der Waals surface area contributed by atoms with Gasteiger partial charge in [-0.2, -0.15) is 0 Å². The van der Waals surface area contributed by atoms with E-state index >= 15 is 0 Å². The molecule has 0 spiro atoms. The van der Waals surface area contributed by atoms with Crippen LogP contribution in [0.5, 0.6) is 0 Å². The van der Waals surface area contributed by atoms with Crippen LogP contribution in [0.3, 0.4) is 0 Å². The summed E-state index contributed by atoms with van der Waals surface area (Å²) in [5.41, 5.74) is -0.123. The topological polar surface area (TPSA) is 114 Å². The number of fused-ring (bicyclic) bond motifs is 1. The van der Waals surface area contributed by atoms with E-state index in [4.69, 9.17) is 5.11 Å². The Kier molecular flexibility index (Phi) is 3.55. The zero-order valence-corrected chi connectivity index (χ0v) is 11.6. The van der Waals surface area contributed by atoms with E-state index in [0.717, 1.165) is 10.6 Å². The second-order valence-electron chi connectivity index (χ2n) is 4.62. The third-order valence-electron chi connectivity index (χ3n) is 3.12. The van der Waals surface area contributed by atoms with Gasteiger partial charge in [0.1, 0.15) is 11.3 Å². The number of anilines is 1. The van der Waals surface area contributed by atoms with Gasteiger partial charge in [-0.3, -0.25) is 19.0 Å². The number of nitrogens with zero attached hydrogens (tertiary/aromatic N) is 3. The molecule has 8 heteroatoms. The van der Waals surface area contributed by atoms with Gasteiger partial charge in [0, 0.05) is 18.6 Å². The fraction of sp³-hybridized carbons (Fsp3) is 0. The Balaban J connectivity index is 2.02. The van der Waals surface area contributed by atoms with Gasteiger partial charge < -0.3 is 10.4 Å². The van der Waals surface area contributed by atoms with E-state index in [0.29, 0.717) is 0 Å². The third kappa shape index (κ3) is 2.77. The van der Waals surface area contributed by atoms with Gasteiger partial charge in [-0.25, -0.2) is 9.78 Å². The quantitative estimate of drug-likeness (QED) is 0.747. The Labute approximate surface area is 129 Å². The van der Waals surface area contributed by atoms with E-state index in [1.54, 1.807) is 12.1 Å². The average Bonchev–Trinajstić information content (AvgIpc) is 2.58. The van der Waals surface area contributed by atoms with E-state index in [2.05, 4.69) is 15.3 Å². The lowest BCUT2D eigenvalue weighted by molar-refractivity contribution is 0.0696. The standard InChI is InChI=1S/C15H10N4O4/c20-13(9-2-1-5-16-6-9)18-11-7-17-12-4-3-10(15(22)23)8-19(12)14(11)21/h1-8H,(H,18,20)(H,22,23). The maximum Gasteiger partial charge on any atom is 0.337 e. The summed E-state index contributed by atoms with van der Waals surface area (Å²) < 4.78 is 1.07. The SMILES string of the molecule is O=C(O)c1ccc2ncc(NC(=O)c3cccnc3)c(=O)n2c1. The van der Waals surface area contributed by atoms with Gasteiger partial charge in [0.15, 0.2) is 0 Å². The van der Waals surface area contributed by atoms with Gasteiger partial charge in [0.25, 0.3) is 11.5 Å². The van der Waals surface area contributed by atoms with Crippen LogP contribution in [0.15, 0.2) is 53.8 Å². The van der Waals surface area contributed by atoms with Crippen molar-refractivity contribution in [3.05, 3.63) is 70.5 Å². The summed E-state index contributed by atoms with van der Waals surface area (Å²) in [5.74, 6) is -1.67. The molecule has 3 heterocycles. The van der Waals surface area contributed by atoms with Crippen LogP contribution in [0.2, 0.25) is 0 Å². The van der Waals surface area contributed by atoms with Crippen molar-refractivity contribution in [2.45, 2.75) is 0 Å². The Morgan fingerprint density at radius 1 is 1.13 bits per heavy atom. The van der Waals surface area contributed by atoms with Crippen molar-refractivity contribution in [1.82, 2.24) is 14.4 Å². The van der Waals surface area contributed by atoms with Crippen LogP contribution in [-0.2, 0) is 0 Å². The molecular weight excluding hydrogens is 300 g/mol. The number of carboxylic acids is 1. The van der Waals surface area contributed by atoms with Gasteiger partial charge in [-0.05, 0) is 24.3 Å². The molecule has 0 aliphatic heterocycles. The summed E-state index contributed by atoms with van der Waals surface area (Å²) in [7, 11) is 0. The minimum absolute atomic E-state index is 0.0566. The lowest BCUT2D eigenvalue weighted by Gasteiger charge is -2.06. The van der Waals surface area contributed by atoms with Crippen LogP contribution in [0, 0.1) is 0 Å². The highest BCUT2D eigenvalue weighted by atomic mass is 16.4. The molecule has 0 atom stereocenters. The first-order valence-electron chi connectivity index (χ1n) is 6.52. The van der Waals surface area contributed by atoms with E-state index in [1.807, 2.05) is 0 Å². The van der Waals surface area contributed by atoms with Crippen LogP contribution in [0.1, 0.15) is 20.7 Å². The number of carboxylic acid groups (broad SMARTS) is 1. The molecule has 3 rings (SSSR count). The molecule has 8 nitrogen and oxygen atoms in total. The summed E-state index contributed by atoms with van der Waals surface area (Å²) in [6, 6.07) is 5.91. The van der Waals surface area contributed by atoms with Crippen LogP contribution in [0.4, 0.5) is 5.69 Å². The first-order valence-corrected chi connectivity index (χ1v) is 6.52. The van der Waals surface area contributed by atoms with Crippen molar-refractivity contribution < 1.29 is 14.7 Å². The number of aromatic carboxylic acids is 1. The molecule has 3 aromatic heterocycles. The predicted octanol–water partition coefficient (Wildman–Crippen LogP) is 1.04.